The van der Waals surface area contributed by atoms with Crippen molar-refractivity contribution in [1.29, 1.82) is 0 Å². The Kier molecular flexibility index (Phi) is 2.28. The average molecular weight is 205 g/mol. The molecule has 0 aromatic rings. The number of sulfone groups is 1. The van der Waals surface area contributed by atoms with Gasteiger partial charge in [0.15, 0.2) is 9.84 Å². The van der Waals surface area contributed by atoms with Crippen LogP contribution < -0.4 is 5.73 Å². The van der Waals surface area contributed by atoms with Crippen molar-refractivity contribution in [3.8, 4) is 0 Å². The van der Waals surface area contributed by atoms with E-state index in [0.717, 1.165) is 0 Å². The highest BCUT2D eigenvalue weighted by molar-refractivity contribution is 7.93. The largest absolute Gasteiger partial charge is 0.325 e. The summed E-state index contributed by atoms with van der Waals surface area (Å²) >= 11 is 0. The first-order valence-electron chi connectivity index (χ1n) is 4.60. The molecule has 0 radical (unpaired) electrons. The summed E-state index contributed by atoms with van der Waals surface area (Å²) in [5.74, 6) is 0.343. The van der Waals surface area contributed by atoms with E-state index in [1.165, 1.54) is 0 Å². The molecule has 13 heavy (non-hydrogen) atoms. The summed E-state index contributed by atoms with van der Waals surface area (Å²) in [7, 11) is -2.94. The van der Waals surface area contributed by atoms with Gasteiger partial charge >= 0.3 is 0 Å². The Bertz CT molecular complexity index is 298. The monoisotopic (exact) mass is 205 g/mol. The molecule has 0 spiro atoms. The van der Waals surface area contributed by atoms with Crippen LogP contribution in [-0.4, -0.2) is 24.5 Å². The minimum atomic E-state index is -2.94. The predicted molar refractivity (Wildman–Crippen MR) is 54.2 cm³/mol. The van der Waals surface area contributed by atoms with Gasteiger partial charge in [0.2, 0.25) is 0 Å². The third-order valence-corrected chi connectivity index (χ3v) is 5.87. The Hall–Kier alpha value is -0.0900. The van der Waals surface area contributed by atoms with Gasteiger partial charge in [-0.05, 0) is 40.0 Å². The van der Waals surface area contributed by atoms with Gasteiger partial charge in [0.1, 0.15) is 0 Å². The lowest BCUT2D eigenvalue weighted by Gasteiger charge is -2.35. The fourth-order valence-electron chi connectivity index (χ4n) is 2.37. The standard InChI is InChI=1S/C9H19NO2S/c1-8(2,10)7-5-6-13(11,12)9(7,3)4/h7H,5-6,10H2,1-4H3. The van der Waals surface area contributed by atoms with Crippen molar-refractivity contribution in [2.75, 3.05) is 5.75 Å². The van der Waals surface area contributed by atoms with Gasteiger partial charge in [-0.3, -0.25) is 0 Å². The zero-order chi connectivity index (χ0) is 10.5. The zero-order valence-corrected chi connectivity index (χ0v) is 9.61. The van der Waals surface area contributed by atoms with Crippen molar-refractivity contribution in [1.82, 2.24) is 0 Å². The van der Waals surface area contributed by atoms with Crippen molar-refractivity contribution in [3.63, 3.8) is 0 Å². The molecule has 1 saturated heterocycles. The van der Waals surface area contributed by atoms with Crippen LogP contribution in [0.4, 0.5) is 0 Å². The lowest BCUT2D eigenvalue weighted by Crippen LogP contribution is -2.50. The molecule has 0 aromatic carbocycles. The van der Waals surface area contributed by atoms with E-state index in [2.05, 4.69) is 0 Å². The maximum Gasteiger partial charge on any atom is 0.155 e. The number of rotatable bonds is 1. The molecule has 0 saturated carbocycles. The lowest BCUT2D eigenvalue weighted by molar-refractivity contribution is 0.270. The van der Waals surface area contributed by atoms with Gasteiger partial charge in [-0.1, -0.05) is 0 Å². The molecule has 78 valence electrons. The van der Waals surface area contributed by atoms with E-state index in [-0.39, 0.29) is 11.7 Å². The van der Waals surface area contributed by atoms with Crippen LogP contribution in [0.3, 0.4) is 0 Å². The first kappa shape index (κ1) is 11.0. The number of hydrogen-bond acceptors (Lipinski definition) is 3. The van der Waals surface area contributed by atoms with Gasteiger partial charge in [-0.2, -0.15) is 0 Å². The molecule has 0 amide bonds. The van der Waals surface area contributed by atoms with E-state index in [9.17, 15) is 8.42 Å². The quantitative estimate of drug-likeness (QED) is 0.693. The molecular weight excluding hydrogens is 186 g/mol. The average Bonchev–Trinajstić information content (AvgIpc) is 2.00. The van der Waals surface area contributed by atoms with Crippen molar-refractivity contribution in [2.24, 2.45) is 11.7 Å². The third-order valence-electron chi connectivity index (χ3n) is 3.21. The topological polar surface area (TPSA) is 60.2 Å². The van der Waals surface area contributed by atoms with E-state index in [4.69, 9.17) is 5.73 Å². The van der Waals surface area contributed by atoms with Gasteiger partial charge in [0, 0.05) is 5.54 Å². The molecule has 1 unspecified atom stereocenters. The second-order valence-corrected chi connectivity index (χ2v) is 7.77. The smallest absolute Gasteiger partial charge is 0.155 e. The van der Waals surface area contributed by atoms with Gasteiger partial charge in [0.05, 0.1) is 10.5 Å². The van der Waals surface area contributed by atoms with Crippen LogP contribution in [0.1, 0.15) is 34.1 Å². The summed E-state index contributed by atoms with van der Waals surface area (Å²) in [6.45, 7) is 7.38. The Labute approximate surface area is 80.6 Å². The fourth-order valence-corrected chi connectivity index (χ4v) is 4.30. The fraction of sp³-hybridized carbons (Fsp3) is 1.00. The molecule has 3 nitrogen and oxygen atoms in total. The molecule has 1 rings (SSSR count). The van der Waals surface area contributed by atoms with Crippen molar-refractivity contribution < 1.29 is 8.42 Å². The molecule has 0 bridgehead atoms. The van der Waals surface area contributed by atoms with E-state index < -0.39 is 20.1 Å². The second kappa shape index (κ2) is 2.70. The maximum absolute atomic E-state index is 11.7. The number of nitrogens with two attached hydrogens (primary N) is 1. The Morgan fingerprint density at radius 1 is 1.38 bits per heavy atom. The second-order valence-electron chi connectivity index (χ2n) is 5.08. The maximum atomic E-state index is 11.7. The summed E-state index contributed by atoms with van der Waals surface area (Å²) in [6.07, 6.45) is 0.693. The van der Waals surface area contributed by atoms with Crippen LogP contribution in [-0.2, 0) is 9.84 Å². The molecular formula is C9H19NO2S. The van der Waals surface area contributed by atoms with E-state index >= 15 is 0 Å². The highest BCUT2D eigenvalue weighted by atomic mass is 32.2. The number of hydrogen-bond donors (Lipinski definition) is 1. The van der Waals surface area contributed by atoms with Gasteiger partial charge in [0.25, 0.3) is 0 Å². The molecule has 1 atom stereocenters. The van der Waals surface area contributed by atoms with Crippen LogP contribution in [0.15, 0.2) is 0 Å². The first-order chi connectivity index (χ1) is 5.59. The van der Waals surface area contributed by atoms with Crippen LogP contribution in [0, 0.1) is 5.92 Å². The minimum Gasteiger partial charge on any atom is -0.325 e. The minimum absolute atomic E-state index is 0.0602. The third kappa shape index (κ3) is 1.62. The highest BCUT2D eigenvalue weighted by Gasteiger charge is 2.52. The Balaban J connectivity index is 3.10. The normalized spacial score (nSPS) is 31.9. The first-order valence-corrected chi connectivity index (χ1v) is 6.25. The summed E-state index contributed by atoms with van der Waals surface area (Å²) in [5.41, 5.74) is 5.56. The van der Waals surface area contributed by atoms with Gasteiger partial charge in [-0.25, -0.2) is 8.42 Å². The van der Waals surface area contributed by atoms with Crippen LogP contribution in [0.5, 0.6) is 0 Å². The molecule has 1 aliphatic rings. The van der Waals surface area contributed by atoms with E-state index in [1.54, 1.807) is 13.8 Å². The van der Waals surface area contributed by atoms with Crippen LogP contribution in [0.2, 0.25) is 0 Å². The molecule has 2 N–H and O–H groups in total. The van der Waals surface area contributed by atoms with E-state index in [0.29, 0.717) is 6.42 Å². The molecule has 0 aromatic heterocycles. The van der Waals surface area contributed by atoms with E-state index in [1.807, 2.05) is 13.8 Å². The van der Waals surface area contributed by atoms with Gasteiger partial charge < -0.3 is 5.73 Å². The highest BCUT2D eigenvalue weighted by Crippen LogP contribution is 2.42. The predicted octanol–water partition coefficient (Wildman–Crippen LogP) is 0.937. The Morgan fingerprint density at radius 2 is 1.85 bits per heavy atom. The molecule has 1 aliphatic heterocycles. The molecule has 1 heterocycles. The van der Waals surface area contributed by atoms with Crippen molar-refractivity contribution in [3.05, 3.63) is 0 Å². The van der Waals surface area contributed by atoms with Crippen molar-refractivity contribution in [2.45, 2.75) is 44.4 Å². The van der Waals surface area contributed by atoms with Crippen LogP contribution >= 0.6 is 0 Å². The van der Waals surface area contributed by atoms with Crippen LogP contribution in [0.25, 0.3) is 0 Å². The molecule has 1 fully saturated rings. The molecule has 0 aliphatic carbocycles. The summed E-state index contributed by atoms with van der Waals surface area (Å²) in [6, 6.07) is 0. The van der Waals surface area contributed by atoms with Crippen molar-refractivity contribution >= 4 is 9.84 Å². The zero-order valence-electron chi connectivity index (χ0n) is 8.79. The molecule has 4 heteroatoms. The summed E-state index contributed by atoms with van der Waals surface area (Å²) in [4.78, 5) is 0. The summed E-state index contributed by atoms with van der Waals surface area (Å²) in [5, 5.41) is 0. The summed E-state index contributed by atoms with van der Waals surface area (Å²) < 4.78 is 22.7. The van der Waals surface area contributed by atoms with Gasteiger partial charge in [-0.15, -0.1) is 0 Å². The Morgan fingerprint density at radius 3 is 2.00 bits per heavy atom. The SMILES string of the molecule is CC(C)(N)C1CCS(=O)(=O)C1(C)C. The lowest BCUT2D eigenvalue weighted by atomic mass is 9.78.